The number of carbonyl (C=O) groups excluding carboxylic acids is 2. The van der Waals surface area contributed by atoms with Crippen LogP contribution in [0.5, 0.6) is 0 Å². The monoisotopic (exact) mass is 398 g/mol. The quantitative estimate of drug-likeness (QED) is 0.758. The molecule has 2 amide bonds. The first-order valence-corrected chi connectivity index (χ1v) is 9.29. The summed E-state index contributed by atoms with van der Waals surface area (Å²) in [5, 5.41) is 7.24. The minimum absolute atomic E-state index is 0.159. The summed E-state index contributed by atoms with van der Waals surface area (Å²) in [4.78, 5) is 25.3. The molecule has 2 rings (SSSR count). The van der Waals surface area contributed by atoms with Gasteiger partial charge in [0.2, 0.25) is 5.91 Å². The van der Waals surface area contributed by atoms with Crippen molar-refractivity contribution in [3.05, 3.63) is 57.8 Å². The minimum Gasteiger partial charge on any atom is -0.348 e. The van der Waals surface area contributed by atoms with Gasteiger partial charge in [0.1, 0.15) is 6.04 Å². The maximum absolute atomic E-state index is 12.7. The van der Waals surface area contributed by atoms with Gasteiger partial charge in [-0.25, -0.2) is 0 Å². The van der Waals surface area contributed by atoms with E-state index < -0.39 is 23.8 Å². The van der Waals surface area contributed by atoms with Gasteiger partial charge < -0.3 is 10.6 Å². The number of amides is 2. The van der Waals surface area contributed by atoms with Crippen molar-refractivity contribution in [2.24, 2.45) is 5.92 Å². The molecule has 2 N–H and O–H groups in total. The van der Waals surface area contributed by atoms with Crippen molar-refractivity contribution in [3.8, 4) is 0 Å². The van der Waals surface area contributed by atoms with Crippen LogP contribution in [0.3, 0.4) is 0 Å². The third kappa shape index (κ3) is 5.56. The Labute approximate surface area is 159 Å². The van der Waals surface area contributed by atoms with Crippen molar-refractivity contribution in [3.63, 3.8) is 0 Å². The zero-order chi connectivity index (χ0) is 20.2. The fraction of sp³-hybridized carbons (Fsp3) is 0.368. The van der Waals surface area contributed by atoms with Gasteiger partial charge in [-0.05, 0) is 42.0 Å². The Morgan fingerprint density at radius 3 is 2.11 bits per heavy atom. The number of hydrogen-bond acceptors (Lipinski definition) is 3. The molecule has 0 bridgehead atoms. The van der Waals surface area contributed by atoms with E-state index in [0.717, 1.165) is 12.1 Å². The van der Waals surface area contributed by atoms with Crippen LogP contribution in [0.15, 0.2) is 41.8 Å². The van der Waals surface area contributed by atoms with Crippen LogP contribution >= 0.6 is 11.3 Å². The highest BCUT2D eigenvalue weighted by atomic mass is 32.1. The molecule has 8 heteroatoms. The Morgan fingerprint density at radius 2 is 1.63 bits per heavy atom. The molecular formula is C19H21F3N2O2S. The lowest BCUT2D eigenvalue weighted by Crippen LogP contribution is -2.50. The van der Waals surface area contributed by atoms with Crippen LogP contribution in [-0.2, 0) is 11.0 Å². The van der Waals surface area contributed by atoms with Crippen molar-refractivity contribution in [1.29, 1.82) is 0 Å². The number of hydrogen-bond donors (Lipinski definition) is 2. The van der Waals surface area contributed by atoms with Crippen molar-refractivity contribution in [2.45, 2.75) is 39.0 Å². The van der Waals surface area contributed by atoms with Gasteiger partial charge >= 0.3 is 6.18 Å². The lowest BCUT2D eigenvalue weighted by atomic mass is 10.0. The molecule has 0 saturated heterocycles. The summed E-state index contributed by atoms with van der Waals surface area (Å²) in [7, 11) is 0. The summed E-state index contributed by atoms with van der Waals surface area (Å²) < 4.78 is 38.0. The molecule has 1 heterocycles. The first kappa shape index (κ1) is 21.0. The normalized spacial score (nSPS) is 13.9. The van der Waals surface area contributed by atoms with E-state index in [1.165, 1.54) is 23.5 Å². The van der Waals surface area contributed by atoms with Gasteiger partial charge in [-0.15, -0.1) is 11.3 Å². The molecule has 0 aliphatic heterocycles. The van der Waals surface area contributed by atoms with E-state index in [1.807, 2.05) is 13.8 Å². The van der Waals surface area contributed by atoms with Gasteiger partial charge in [0.15, 0.2) is 0 Å². The van der Waals surface area contributed by atoms with Crippen LogP contribution in [0, 0.1) is 5.92 Å². The molecule has 2 aromatic rings. The summed E-state index contributed by atoms with van der Waals surface area (Å²) >= 11 is 1.27. The number of carbonyl (C=O) groups is 2. The Bertz CT molecular complexity index is 771. The zero-order valence-corrected chi connectivity index (χ0v) is 15.9. The maximum Gasteiger partial charge on any atom is 0.416 e. The van der Waals surface area contributed by atoms with Crippen molar-refractivity contribution in [1.82, 2.24) is 10.6 Å². The van der Waals surface area contributed by atoms with E-state index in [-0.39, 0.29) is 17.7 Å². The maximum atomic E-state index is 12.7. The molecule has 27 heavy (non-hydrogen) atoms. The van der Waals surface area contributed by atoms with E-state index >= 15 is 0 Å². The molecule has 0 fully saturated rings. The predicted octanol–water partition coefficient (Wildman–Crippen LogP) is 4.40. The van der Waals surface area contributed by atoms with Gasteiger partial charge in [0.25, 0.3) is 5.91 Å². The Hall–Kier alpha value is -2.35. The largest absolute Gasteiger partial charge is 0.416 e. The highest BCUT2D eigenvalue weighted by Crippen LogP contribution is 2.29. The van der Waals surface area contributed by atoms with Crippen LogP contribution in [-0.4, -0.2) is 17.9 Å². The van der Waals surface area contributed by atoms with Crippen molar-refractivity contribution >= 4 is 23.2 Å². The van der Waals surface area contributed by atoms with Gasteiger partial charge in [0, 0.05) is 0 Å². The van der Waals surface area contributed by atoms with Crippen LogP contribution in [0.2, 0.25) is 0 Å². The molecule has 0 radical (unpaired) electrons. The van der Waals surface area contributed by atoms with Crippen LogP contribution in [0.4, 0.5) is 13.2 Å². The van der Waals surface area contributed by atoms with Gasteiger partial charge in [0.05, 0.1) is 16.5 Å². The molecule has 1 aromatic carbocycles. The highest BCUT2D eigenvalue weighted by Gasteiger charge is 2.30. The molecule has 1 aromatic heterocycles. The van der Waals surface area contributed by atoms with Gasteiger partial charge in [-0.2, -0.15) is 13.2 Å². The van der Waals surface area contributed by atoms with E-state index in [0.29, 0.717) is 10.4 Å². The number of thiophene rings is 1. The lowest BCUT2D eigenvalue weighted by molar-refractivity contribution is -0.137. The van der Waals surface area contributed by atoms with Crippen LogP contribution < -0.4 is 10.6 Å². The number of benzene rings is 1. The van der Waals surface area contributed by atoms with E-state index in [9.17, 15) is 22.8 Å². The molecule has 2 atom stereocenters. The highest BCUT2D eigenvalue weighted by molar-refractivity contribution is 7.12. The summed E-state index contributed by atoms with van der Waals surface area (Å²) in [5.74, 6) is -0.878. The molecule has 0 saturated carbocycles. The summed E-state index contributed by atoms with van der Waals surface area (Å²) in [5.41, 5.74) is -0.198. The molecule has 0 aliphatic carbocycles. The van der Waals surface area contributed by atoms with Crippen LogP contribution in [0.25, 0.3) is 0 Å². The summed E-state index contributed by atoms with van der Waals surface area (Å²) in [6.07, 6.45) is -4.40. The number of alkyl halides is 3. The number of halogens is 3. The molecule has 0 spiro atoms. The van der Waals surface area contributed by atoms with Gasteiger partial charge in [-0.3, -0.25) is 9.59 Å². The third-order valence-electron chi connectivity index (χ3n) is 4.08. The van der Waals surface area contributed by atoms with Gasteiger partial charge in [-0.1, -0.05) is 32.0 Å². The molecule has 0 unspecified atom stereocenters. The Morgan fingerprint density at radius 1 is 1.00 bits per heavy atom. The Balaban J connectivity index is 2.04. The first-order valence-electron chi connectivity index (χ1n) is 8.41. The average Bonchev–Trinajstić information content (AvgIpc) is 3.13. The van der Waals surface area contributed by atoms with E-state index in [2.05, 4.69) is 10.6 Å². The standard InChI is InChI=1S/C19H21F3N2O2S/c1-11(2)16(24-17(25)15-5-4-10-27-15)18(26)23-12(3)13-6-8-14(9-7-13)19(20,21)22/h4-12,16H,1-3H3,(H,23,26)(H,24,25)/t12-,16+/m0/s1. The second-order valence-electron chi connectivity index (χ2n) is 6.52. The van der Waals surface area contributed by atoms with Crippen molar-refractivity contribution < 1.29 is 22.8 Å². The molecular weight excluding hydrogens is 377 g/mol. The third-order valence-corrected chi connectivity index (χ3v) is 4.95. The first-order chi connectivity index (χ1) is 12.6. The lowest BCUT2D eigenvalue weighted by Gasteiger charge is -2.24. The number of nitrogens with one attached hydrogen (secondary N) is 2. The topological polar surface area (TPSA) is 58.2 Å². The van der Waals surface area contributed by atoms with Crippen molar-refractivity contribution in [2.75, 3.05) is 0 Å². The molecule has 146 valence electrons. The molecule has 4 nitrogen and oxygen atoms in total. The van der Waals surface area contributed by atoms with Crippen LogP contribution in [0.1, 0.15) is 47.6 Å². The SMILES string of the molecule is CC(C)[C@@H](NC(=O)c1cccs1)C(=O)N[C@@H](C)c1ccc(C(F)(F)F)cc1. The summed E-state index contributed by atoms with van der Waals surface area (Å²) in [6.45, 7) is 5.29. The fourth-order valence-corrected chi connectivity index (χ4v) is 3.13. The molecule has 0 aliphatic rings. The fourth-order valence-electron chi connectivity index (χ4n) is 2.50. The smallest absolute Gasteiger partial charge is 0.348 e. The second kappa shape index (κ2) is 8.56. The second-order valence-corrected chi connectivity index (χ2v) is 7.47. The van der Waals surface area contributed by atoms with E-state index in [4.69, 9.17) is 0 Å². The average molecular weight is 398 g/mol. The van der Waals surface area contributed by atoms with E-state index in [1.54, 1.807) is 24.4 Å². The zero-order valence-electron chi connectivity index (χ0n) is 15.1. The minimum atomic E-state index is -4.40. The Kier molecular flexibility index (Phi) is 6.64. The predicted molar refractivity (Wildman–Crippen MR) is 98.4 cm³/mol. The number of rotatable bonds is 6. The summed E-state index contributed by atoms with van der Waals surface area (Å²) in [6, 6.07) is 6.80.